The van der Waals surface area contributed by atoms with E-state index in [4.69, 9.17) is 32.4 Å². The Labute approximate surface area is 195 Å². The molecule has 0 spiro atoms. The number of halogens is 2. The number of phenols is 1. The first-order valence-electron chi connectivity index (χ1n) is 9.90. The zero-order valence-electron chi connectivity index (χ0n) is 18.2. The summed E-state index contributed by atoms with van der Waals surface area (Å²) in [5, 5.41) is 15.4. The van der Waals surface area contributed by atoms with Gasteiger partial charge in [0.2, 0.25) is 0 Å². The fourth-order valence-corrected chi connectivity index (χ4v) is 3.97. The highest BCUT2D eigenvalue weighted by Gasteiger charge is 2.16. The maximum absolute atomic E-state index is 11.8. The summed E-state index contributed by atoms with van der Waals surface area (Å²) in [4.78, 5) is 24.9. The fraction of sp³-hybridized carbons (Fsp3) is 0.304. The number of nitrogens with one attached hydrogen (secondary N) is 1. The Kier molecular flexibility index (Phi) is 7.21. The van der Waals surface area contributed by atoms with Crippen LogP contribution in [0.15, 0.2) is 39.5 Å². The molecular formula is C23H24Cl2N2O5. The van der Waals surface area contributed by atoms with Gasteiger partial charge in [0.25, 0.3) is 0 Å². The van der Waals surface area contributed by atoms with E-state index in [1.54, 1.807) is 6.07 Å². The lowest BCUT2D eigenvalue weighted by molar-refractivity contribution is -0.142. The molecule has 0 amide bonds. The van der Waals surface area contributed by atoms with Crippen LogP contribution in [0.2, 0.25) is 10.0 Å². The Morgan fingerprint density at radius 1 is 1.19 bits per heavy atom. The SMILES string of the molecule is CC(=O)OCc1cc(=O)oc2cc(O)c(NC(C)Cc3c(Cl)cc(N(C)C)cc3Cl)cc12. The Hall–Kier alpha value is -2.90. The number of aromatic hydroxyl groups is 1. The van der Waals surface area contributed by atoms with Crippen molar-refractivity contribution in [2.45, 2.75) is 32.9 Å². The highest BCUT2D eigenvalue weighted by atomic mass is 35.5. The Morgan fingerprint density at radius 3 is 2.44 bits per heavy atom. The number of ether oxygens (including phenoxy) is 1. The molecule has 1 heterocycles. The summed E-state index contributed by atoms with van der Waals surface area (Å²) in [7, 11) is 3.82. The van der Waals surface area contributed by atoms with Gasteiger partial charge in [-0.1, -0.05) is 23.2 Å². The van der Waals surface area contributed by atoms with E-state index in [0.717, 1.165) is 11.3 Å². The third-order valence-electron chi connectivity index (χ3n) is 4.93. The van der Waals surface area contributed by atoms with Crippen LogP contribution in [0.1, 0.15) is 25.0 Å². The first-order chi connectivity index (χ1) is 15.0. The maximum atomic E-state index is 11.8. The molecule has 0 radical (unpaired) electrons. The van der Waals surface area contributed by atoms with Gasteiger partial charge in [-0.15, -0.1) is 0 Å². The monoisotopic (exact) mass is 478 g/mol. The fourth-order valence-electron chi connectivity index (χ4n) is 3.34. The summed E-state index contributed by atoms with van der Waals surface area (Å²) in [6, 6.07) is 7.84. The number of anilines is 2. The number of hydrogen-bond acceptors (Lipinski definition) is 7. The highest BCUT2D eigenvalue weighted by molar-refractivity contribution is 6.36. The molecule has 0 aliphatic carbocycles. The number of carbonyl (C=O) groups is 1. The lowest BCUT2D eigenvalue weighted by atomic mass is 10.0. The van der Waals surface area contributed by atoms with Gasteiger partial charge in [0.05, 0.1) is 5.69 Å². The molecule has 32 heavy (non-hydrogen) atoms. The minimum atomic E-state index is -0.599. The van der Waals surface area contributed by atoms with Crippen LogP contribution in [0.5, 0.6) is 5.75 Å². The van der Waals surface area contributed by atoms with Crippen molar-refractivity contribution in [2.75, 3.05) is 24.3 Å². The molecule has 3 aromatic rings. The van der Waals surface area contributed by atoms with Gasteiger partial charge in [-0.3, -0.25) is 4.79 Å². The number of nitrogens with zero attached hydrogens (tertiary/aromatic N) is 1. The molecule has 0 aliphatic rings. The lowest BCUT2D eigenvalue weighted by Crippen LogP contribution is -2.19. The maximum Gasteiger partial charge on any atom is 0.336 e. The second kappa shape index (κ2) is 9.71. The normalized spacial score (nSPS) is 11.9. The van der Waals surface area contributed by atoms with E-state index in [9.17, 15) is 14.7 Å². The molecule has 7 nitrogen and oxygen atoms in total. The molecular weight excluding hydrogens is 455 g/mol. The number of benzene rings is 2. The summed E-state index contributed by atoms with van der Waals surface area (Å²) >= 11 is 12.9. The van der Waals surface area contributed by atoms with Crippen molar-refractivity contribution >= 4 is 51.5 Å². The van der Waals surface area contributed by atoms with Crippen LogP contribution < -0.4 is 15.8 Å². The van der Waals surface area contributed by atoms with Crippen molar-refractivity contribution in [2.24, 2.45) is 0 Å². The van der Waals surface area contributed by atoms with Crippen LogP contribution in [-0.4, -0.2) is 31.2 Å². The number of carbonyl (C=O) groups excluding carboxylic acids is 1. The van der Waals surface area contributed by atoms with Gasteiger partial charge in [-0.2, -0.15) is 0 Å². The van der Waals surface area contributed by atoms with Crippen LogP contribution in [-0.2, 0) is 22.6 Å². The van der Waals surface area contributed by atoms with Crippen LogP contribution in [0.4, 0.5) is 11.4 Å². The second-order valence-electron chi connectivity index (χ2n) is 7.77. The van der Waals surface area contributed by atoms with Crippen LogP contribution in [0.3, 0.4) is 0 Å². The smallest absolute Gasteiger partial charge is 0.336 e. The quantitative estimate of drug-likeness (QED) is 0.281. The van der Waals surface area contributed by atoms with Crippen LogP contribution in [0.25, 0.3) is 11.0 Å². The predicted molar refractivity (Wildman–Crippen MR) is 127 cm³/mol. The number of phenolic OH excluding ortho intramolecular Hbond substituents is 1. The average Bonchev–Trinajstić information content (AvgIpc) is 2.69. The van der Waals surface area contributed by atoms with Crippen molar-refractivity contribution in [3.05, 3.63) is 61.9 Å². The van der Waals surface area contributed by atoms with E-state index < -0.39 is 11.6 Å². The molecule has 1 atom stereocenters. The van der Waals surface area contributed by atoms with Crippen molar-refractivity contribution in [3.8, 4) is 5.75 Å². The van der Waals surface area contributed by atoms with Gasteiger partial charge in [-0.05, 0) is 37.1 Å². The van der Waals surface area contributed by atoms with E-state index in [-0.39, 0.29) is 24.0 Å². The summed E-state index contributed by atoms with van der Waals surface area (Å²) in [5.74, 6) is -0.552. The first kappa shape index (κ1) is 23.8. The van der Waals surface area contributed by atoms with Crippen molar-refractivity contribution < 1.29 is 19.1 Å². The largest absolute Gasteiger partial charge is 0.506 e. The summed E-state index contributed by atoms with van der Waals surface area (Å²) < 4.78 is 10.2. The Balaban J connectivity index is 1.89. The third kappa shape index (κ3) is 5.47. The van der Waals surface area contributed by atoms with Crippen molar-refractivity contribution in [1.82, 2.24) is 0 Å². The van der Waals surface area contributed by atoms with E-state index in [2.05, 4.69) is 5.32 Å². The van der Waals surface area contributed by atoms with Gasteiger partial charge in [-0.25, -0.2) is 4.79 Å². The molecule has 0 saturated heterocycles. The molecule has 0 saturated carbocycles. The second-order valence-corrected chi connectivity index (χ2v) is 8.58. The van der Waals surface area contributed by atoms with E-state index in [0.29, 0.717) is 33.1 Å². The molecule has 0 fully saturated rings. The highest BCUT2D eigenvalue weighted by Crippen LogP contribution is 2.34. The molecule has 1 aromatic heterocycles. The number of fused-ring (bicyclic) bond motifs is 1. The number of hydrogen-bond donors (Lipinski definition) is 2. The topological polar surface area (TPSA) is 92.0 Å². The molecule has 3 rings (SSSR count). The van der Waals surface area contributed by atoms with Gasteiger partial charge in [0.15, 0.2) is 0 Å². The van der Waals surface area contributed by atoms with Crippen LogP contribution in [0, 0.1) is 0 Å². The van der Waals surface area contributed by atoms with Crippen molar-refractivity contribution in [1.29, 1.82) is 0 Å². The van der Waals surface area contributed by atoms with E-state index >= 15 is 0 Å². The van der Waals surface area contributed by atoms with Crippen LogP contribution >= 0.6 is 23.2 Å². The molecule has 9 heteroatoms. The number of rotatable bonds is 7. The lowest BCUT2D eigenvalue weighted by Gasteiger charge is -2.20. The number of esters is 1. The average molecular weight is 479 g/mol. The van der Waals surface area contributed by atoms with E-state index in [1.807, 2.05) is 38.1 Å². The third-order valence-corrected chi connectivity index (χ3v) is 5.61. The Bertz CT molecular complexity index is 1200. The minimum absolute atomic E-state index is 0.0827. The molecule has 0 bridgehead atoms. The predicted octanol–water partition coefficient (Wildman–Crippen LogP) is 4.98. The standard InChI is InChI=1S/C23H24Cl2N2O5/c1-12(5-17-18(24)7-15(27(3)4)8-19(17)25)26-20-9-16-14(11-31-13(2)28)6-23(30)32-22(16)10-21(20)29/h6-10,12,26,29H,5,11H2,1-4H3. The van der Waals surface area contributed by atoms with Gasteiger partial charge < -0.3 is 24.5 Å². The van der Waals surface area contributed by atoms with Crippen molar-refractivity contribution in [3.63, 3.8) is 0 Å². The summed E-state index contributed by atoms with van der Waals surface area (Å²) in [6.07, 6.45) is 0.507. The zero-order valence-corrected chi connectivity index (χ0v) is 19.7. The van der Waals surface area contributed by atoms with Gasteiger partial charge >= 0.3 is 11.6 Å². The summed E-state index contributed by atoms with van der Waals surface area (Å²) in [6.45, 7) is 3.14. The summed E-state index contributed by atoms with van der Waals surface area (Å²) in [5.41, 5.74) is 2.20. The Morgan fingerprint density at radius 2 is 1.84 bits per heavy atom. The molecule has 2 N–H and O–H groups in total. The molecule has 2 aromatic carbocycles. The first-order valence-corrected chi connectivity index (χ1v) is 10.7. The zero-order chi connectivity index (χ0) is 23.6. The van der Waals surface area contributed by atoms with Gasteiger partial charge in [0.1, 0.15) is 17.9 Å². The molecule has 0 aliphatic heterocycles. The van der Waals surface area contributed by atoms with Gasteiger partial charge in [0, 0.05) is 65.9 Å². The minimum Gasteiger partial charge on any atom is -0.506 e. The van der Waals surface area contributed by atoms with E-state index in [1.165, 1.54) is 19.1 Å². The molecule has 170 valence electrons. The molecule has 1 unspecified atom stereocenters.